The molecule has 4 rings (SSSR count). The van der Waals surface area contributed by atoms with Gasteiger partial charge in [-0.25, -0.2) is 0 Å². The number of fused-ring (bicyclic) bond motifs is 1. The van der Waals surface area contributed by atoms with Crippen molar-refractivity contribution in [1.29, 1.82) is 0 Å². The van der Waals surface area contributed by atoms with Gasteiger partial charge in [0.15, 0.2) is 5.78 Å². The molecule has 196 valence electrons. The maximum Gasteiger partial charge on any atom is 0.273 e. The van der Waals surface area contributed by atoms with E-state index in [2.05, 4.69) is 31.1 Å². The molecule has 3 amide bonds. The van der Waals surface area contributed by atoms with Gasteiger partial charge in [-0.2, -0.15) is 0 Å². The van der Waals surface area contributed by atoms with Gasteiger partial charge in [0.25, 0.3) is 11.8 Å². The minimum atomic E-state index is -0.762. The van der Waals surface area contributed by atoms with Gasteiger partial charge in [-0.1, -0.05) is 52.8 Å². The molecule has 3 heterocycles. The van der Waals surface area contributed by atoms with Crippen LogP contribution in [0.5, 0.6) is 0 Å². The number of carbonyl (C=O) groups is 4. The lowest BCUT2D eigenvalue weighted by Gasteiger charge is -2.29. The molecule has 0 unspecified atom stereocenters. The molecule has 2 fully saturated rings. The summed E-state index contributed by atoms with van der Waals surface area (Å²) in [5.74, 6) is -0.910. The van der Waals surface area contributed by atoms with Crippen LogP contribution in [-0.2, 0) is 15.0 Å². The van der Waals surface area contributed by atoms with Crippen molar-refractivity contribution < 1.29 is 19.2 Å². The third-order valence-electron chi connectivity index (χ3n) is 7.17. The molecule has 0 spiro atoms. The van der Waals surface area contributed by atoms with Crippen LogP contribution in [0.15, 0.2) is 48.7 Å². The van der Waals surface area contributed by atoms with Crippen molar-refractivity contribution >= 4 is 23.5 Å². The van der Waals surface area contributed by atoms with E-state index in [9.17, 15) is 19.2 Å². The van der Waals surface area contributed by atoms with E-state index in [-0.39, 0.29) is 53.1 Å². The van der Waals surface area contributed by atoms with Gasteiger partial charge in [-0.05, 0) is 54.0 Å². The zero-order chi connectivity index (χ0) is 26.9. The lowest BCUT2D eigenvalue weighted by atomic mass is 9.86. The van der Waals surface area contributed by atoms with E-state index in [0.717, 1.165) is 5.56 Å². The Kier molecular flexibility index (Phi) is 7.48. The average Bonchev–Trinajstić information content (AvgIpc) is 3.44. The highest BCUT2D eigenvalue weighted by Crippen LogP contribution is 2.31. The summed E-state index contributed by atoms with van der Waals surface area (Å²) in [7, 11) is 0. The van der Waals surface area contributed by atoms with E-state index < -0.39 is 12.1 Å². The van der Waals surface area contributed by atoms with Crippen molar-refractivity contribution in [3.63, 3.8) is 0 Å². The first-order valence-corrected chi connectivity index (χ1v) is 12.9. The molecule has 2 aliphatic rings. The van der Waals surface area contributed by atoms with Gasteiger partial charge < -0.3 is 15.1 Å². The maximum atomic E-state index is 13.7. The first-order chi connectivity index (χ1) is 17.5. The number of aromatic nitrogens is 1. The molecular weight excluding hydrogens is 468 g/mol. The fourth-order valence-electron chi connectivity index (χ4n) is 5.23. The Morgan fingerprint density at radius 2 is 1.76 bits per heavy atom. The summed E-state index contributed by atoms with van der Waals surface area (Å²) in [4.78, 5) is 60.1. The number of hydrogen-bond acceptors (Lipinski definition) is 5. The zero-order valence-electron chi connectivity index (χ0n) is 22.2. The third kappa shape index (κ3) is 5.58. The van der Waals surface area contributed by atoms with Crippen LogP contribution >= 0.6 is 0 Å². The molecule has 1 N–H and O–H groups in total. The Bertz CT molecular complexity index is 1170. The molecule has 2 saturated heterocycles. The highest BCUT2D eigenvalue weighted by Gasteiger charge is 2.52. The van der Waals surface area contributed by atoms with Gasteiger partial charge in [0.2, 0.25) is 5.91 Å². The predicted molar refractivity (Wildman–Crippen MR) is 140 cm³/mol. The quantitative estimate of drug-likeness (QED) is 0.651. The number of ketones is 1. The second-order valence-corrected chi connectivity index (χ2v) is 11.4. The van der Waals surface area contributed by atoms with E-state index in [4.69, 9.17) is 0 Å². The van der Waals surface area contributed by atoms with Crippen LogP contribution in [0.4, 0.5) is 0 Å². The van der Waals surface area contributed by atoms with Gasteiger partial charge in [0, 0.05) is 18.3 Å². The second kappa shape index (κ2) is 10.4. The summed E-state index contributed by atoms with van der Waals surface area (Å²) < 4.78 is 0. The summed E-state index contributed by atoms with van der Waals surface area (Å²) in [6.07, 6.45) is 2.50. The lowest BCUT2D eigenvalue weighted by molar-refractivity contribution is -0.138. The second-order valence-electron chi connectivity index (χ2n) is 11.4. The number of nitrogens with zero attached hydrogens (tertiary/aromatic N) is 3. The monoisotopic (exact) mass is 504 g/mol. The van der Waals surface area contributed by atoms with Crippen LogP contribution in [0.2, 0.25) is 0 Å². The van der Waals surface area contributed by atoms with E-state index in [1.165, 1.54) is 4.90 Å². The predicted octanol–water partition coefficient (Wildman–Crippen LogP) is 3.22. The number of hydrogen-bond donors (Lipinski definition) is 1. The van der Waals surface area contributed by atoms with Crippen LogP contribution in [0, 0.1) is 5.92 Å². The number of amides is 3. The van der Waals surface area contributed by atoms with Crippen molar-refractivity contribution in [3.8, 4) is 0 Å². The fraction of sp³-hybridized carbons (Fsp3) is 0.483. The highest BCUT2D eigenvalue weighted by atomic mass is 16.2. The molecule has 3 atom stereocenters. The van der Waals surface area contributed by atoms with Crippen LogP contribution in [-0.4, -0.2) is 69.5 Å². The van der Waals surface area contributed by atoms with Crippen molar-refractivity contribution in [2.75, 3.05) is 13.1 Å². The minimum Gasteiger partial charge on any atom is -0.340 e. The maximum absolute atomic E-state index is 13.7. The Hall–Kier alpha value is -3.55. The summed E-state index contributed by atoms with van der Waals surface area (Å²) in [5, 5.41) is 2.92. The first kappa shape index (κ1) is 26.5. The number of carbonyl (C=O) groups excluding carboxylic acids is 4. The van der Waals surface area contributed by atoms with E-state index in [1.54, 1.807) is 41.4 Å². The van der Waals surface area contributed by atoms with Crippen molar-refractivity contribution in [2.45, 2.75) is 71.0 Å². The summed E-state index contributed by atoms with van der Waals surface area (Å²) in [6, 6.07) is 10.7. The lowest BCUT2D eigenvalue weighted by Crippen LogP contribution is -2.53. The Balaban J connectivity index is 1.50. The van der Waals surface area contributed by atoms with E-state index >= 15 is 0 Å². The fourth-order valence-corrected chi connectivity index (χ4v) is 5.23. The molecule has 0 bridgehead atoms. The third-order valence-corrected chi connectivity index (χ3v) is 7.17. The Morgan fingerprint density at radius 3 is 2.35 bits per heavy atom. The average molecular weight is 505 g/mol. The van der Waals surface area contributed by atoms with Gasteiger partial charge in [0.1, 0.15) is 17.8 Å². The summed E-state index contributed by atoms with van der Waals surface area (Å²) in [5.41, 5.74) is 1.85. The SMILES string of the molecule is CC(C)C[C@H](NC(=O)c1ccc(C(C)(C)C)cc1)C(=O)N1CC[C@@H]2[C@H]1C(=O)CN2C(=O)c1ccccn1. The van der Waals surface area contributed by atoms with Crippen LogP contribution < -0.4 is 5.32 Å². The molecule has 2 aliphatic heterocycles. The minimum absolute atomic E-state index is 0.0307. The molecular formula is C29H36N4O4. The van der Waals surface area contributed by atoms with Gasteiger partial charge in [0.05, 0.1) is 12.6 Å². The molecule has 0 aliphatic carbocycles. The number of pyridine rings is 1. The number of benzene rings is 1. The zero-order valence-corrected chi connectivity index (χ0v) is 22.2. The van der Waals surface area contributed by atoms with Gasteiger partial charge in [-0.15, -0.1) is 0 Å². The van der Waals surface area contributed by atoms with Crippen molar-refractivity contribution in [3.05, 3.63) is 65.5 Å². The molecule has 1 aromatic carbocycles. The van der Waals surface area contributed by atoms with Crippen LogP contribution in [0.1, 0.15) is 73.9 Å². The molecule has 2 aromatic rings. The van der Waals surface area contributed by atoms with Crippen LogP contribution in [0.3, 0.4) is 0 Å². The standard InChI is InChI=1S/C29H36N4O4/c1-18(2)16-22(31-26(35)19-9-11-20(12-10-19)29(3,4)5)28(37)32-15-13-23-25(32)24(34)17-33(23)27(36)21-8-6-7-14-30-21/h6-12,14,18,22-23,25H,13,15-17H2,1-5H3,(H,31,35)/t22-,23+,25-/m0/s1. The number of Topliss-reactive ketones (excluding diaryl/α,β-unsaturated/α-hetero) is 1. The topological polar surface area (TPSA) is 99.7 Å². The number of rotatable bonds is 6. The van der Waals surface area contributed by atoms with E-state index in [0.29, 0.717) is 24.9 Å². The van der Waals surface area contributed by atoms with Crippen molar-refractivity contribution in [1.82, 2.24) is 20.1 Å². The first-order valence-electron chi connectivity index (χ1n) is 12.9. The van der Waals surface area contributed by atoms with Crippen LogP contribution in [0.25, 0.3) is 0 Å². The van der Waals surface area contributed by atoms with Gasteiger partial charge >= 0.3 is 0 Å². The number of likely N-dealkylation sites (tertiary alicyclic amines) is 2. The molecule has 1 aromatic heterocycles. The van der Waals surface area contributed by atoms with Crippen molar-refractivity contribution in [2.24, 2.45) is 5.92 Å². The highest BCUT2D eigenvalue weighted by molar-refractivity contribution is 6.03. The smallest absolute Gasteiger partial charge is 0.273 e. The Morgan fingerprint density at radius 1 is 1.05 bits per heavy atom. The Labute approximate surface area is 218 Å². The summed E-state index contributed by atoms with van der Waals surface area (Å²) in [6.45, 7) is 10.6. The molecule has 0 saturated carbocycles. The molecule has 8 nitrogen and oxygen atoms in total. The molecule has 8 heteroatoms. The van der Waals surface area contributed by atoms with E-state index in [1.807, 2.05) is 26.0 Å². The molecule has 37 heavy (non-hydrogen) atoms. The van der Waals surface area contributed by atoms with Gasteiger partial charge in [-0.3, -0.25) is 24.2 Å². The molecule has 0 radical (unpaired) electrons. The normalized spacial score (nSPS) is 20.2. The summed E-state index contributed by atoms with van der Waals surface area (Å²) >= 11 is 0. The largest absolute Gasteiger partial charge is 0.340 e. The number of nitrogens with one attached hydrogen (secondary N) is 1.